The van der Waals surface area contributed by atoms with Crippen LogP contribution in [-0.4, -0.2) is 14.8 Å². The van der Waals surface area contributed by atoms with Gasteiger partial charge in [0.25, 0.3) is 0 Å². The van der Waals surface area contributed by atoms with E-state index in [-0.39, 0.29) is 21.4 Å². The quantitative estimate of drug-likeness (QED) is 0.748. The molecule has 0 aliphatic heterocycles. The highest BCUT2D eigenvalue weighted by molar-refractivity contribution is 5.48. The third kappa shape index (κ3) is 2.72. The molecule has 1 aromatic heterocycles. The van der Waals surface area contributed by atoms with Crippen molar-refractivity contribution in [3.05, 3.63) is 41.0 Å². The van der Waals surface area contributed by atoms with Crippen LogP contribution in [0.25, 0.3) is 5.69 Å². The number of rotatable bonds is 1. The van der Waals surface area contributed by atoms with Crippen LogP contribution in [0.3, 0.4) is 0 Å². The Morgan fingerprint density at radius 3 is 1.52 bits per heavy atom. The third-order valence-corrected chi connectivity index (χ3v) is 2.83. The van der Waals surface area contributed by atoms with E-state index in [1.54, 1.807) is 6.07 Å². The average Bonchev–Trinajstić information content (AvgIpc) is 2.72. The van der Waals surface area contributed by atoms with Gasteiger partial charge in [0.2, 0.25) is 11.6 Å². The maximum absolute atomic E-state index is 12.9. The summed E-state index contributed by atoms with van der Waals surface area (Å²) in [5.41, 5.74) is 0.291. The lowest BCUT2D eigenvalue weighted by atomic mass is 10.1. The largest absolute Gasteiger partial charge is 0.452 e. The lowest BCUT2D eigenvalue weighted by Crippen LogP contribution is -2.20. The van der Waals surface area contributed by atoms with E-state index in [4.69, 9.17) is 0 Å². The molecule has 0 aliphatic carbocycles. The molecule has 0 aliphatic rings. The highest BCUT2D eigenvalue weighted by Crippen LogP contribution is 2.37. The van der Waals surface area contributed by atoms with Crippen molar-refractivity contribution < 1.29 is 26.3 Å². The topological polar surface area (TPSA) is 30.7 Å². The molecule has 0 spiro atoms. The van der Waals surface area contributed by atoms with Crippen LogP contribution in [0.2, 0.25) is 0 Å². The molecule has 0 saturated carbocycles. The van der Waals surface area contributed by atoms with Gasteiger partial charge < -0.3 is 0 Å². The van der Waals surface area contributed by atoms with E-state index < -0.39 is 24.0 Å². The van der Waals surface area contributed by atoms with Crippen LogP contribution in [0.15, 0.2) is 18.2 Å². The minimum Gasteiger partial charge on any atom is -0.267 e. The van der Waals surface area contributed by atoms with Crippen LogP contribution < -0.4 is 0 Å². The normalized spacial score (nSPS) is 12.8. The number of benzene rings is 1. The van der Waals surface area contributed by atoms with Crippen molar-refractivity contribution >= 4 is 0 Å². The number of halogens is 6. The Balaban J connectivity index is 2.86. The molecule has 0 N–H and O–H groups in total. The Bertz CT molecular complexity index is 617. The molecular weight excluding hydrogens is 300 g/mol. The van der Waals surface area contributed by atoms with E-state index in [1.165, 1.54) is 26.0 Å². The van der Waals surface area contributed by atoms with Crippen LogP contribution in [0, 0.1) is 13.8 Å². The highest BCUT2D eigenvalue weighted by Gasteiger charge is 2.46. The summed E-state index contributed by atoms with van der Waals surface area (Å²) < 4.78 is 77.5. The van der Waals surface area contributed by atoms with Gasteiger partial charge >= 0.3 is 12.4 Å². The Kier molecular flexibility index (Phi) is 3.46. The number of aromatic nitrogens is 3. The zero-order valence-electron chi connectivity index (χ0n) is 10.8. The number of aryl methyl sites for hydroxylation is 2. The first-order valence-electron chi connectivity index (χ1n) is 5.70. The maximum atomic E-state index is 12.9. The van der Waals surface area contributed by atoms with Gasteiger partial charge in [0.15, 0.2) is 0 Å². The second-order valence-electron chi connectivity index (χ2n) is 4.42. The van der Waals surface area contributed by atoms with E-state index >= 15 is 0 Å². The van der Waals surface area contributed by atoms with Crippen LogP contribution in [0.1, 0.15) is 22.8 Å². The predicted octanol–water partition coefficient (Wildman–Crippen LogP) is 3.92. The molecule has 1 heterocycles. The summed E-state index contributed by atoms with van der Waals surface area (Å²) in [6, 6.07) is 4.38. The molecule has 0 amide bonds. The number of nitrogens with zero attached hydrogens (tertiary/aromatic N) is 3. The Morgan fingerprint density at radius 1 is 0.810 bits per heavy atom. The summed E-state index contributed by atoms with van der Waals surface area (Å²) in [6.45, 7) is 2.84. The molecule has 0 radical (unpaired) electrons. The summed E-state index contributed by atoms with van der Waals surface area (Å²) >= 11 is 0. The number of para-hydroxylation sites is 1. The van der Waals surface area contributed by atoms with Crippen molar-refractivity contribution in [2.24, 2.45) is 0 Å². The molecule has 0 saturated heterocycles. The van der Waals surface area contributed by atoms with Gasteiger partial charge in [0, 0.05) is 0 Å². The molecule has 0 fully saturated rings. The standard InChI is InChI=1S/C12H9F6N3/c1-6-4-3-5-7(2)8(6)21-9(11(13,14)15)19-20-10(21)12(16,17)18/h3-5H,1-2H3. The Labute approximate surface area is 115 Å². The van der Waals surface area contributed by atoms with E-state index in [0.29, 0.717) is 0 Å². The second kappa shape index (κ2) is 4.74. The molecule has 2 rings (SSSR count). The van der Waals surface area contributed by atoms with Crippen LogP contribution in [-0.2, 0) is 12.4 Å². The van der Waals surface area contributed by atoms with Gasteiger partial charge in [-0.3, -0.25) is 4.57 Å². The van der Waals surface area contributed by atoms with Gasteiger partial charge in [-0.2, -0.15) is 26.3 Å². The minimum atomic E-state index is -5.05. The zero-order valence-corrected chi connectivity index (χ0v) is 10.8. The van der Waals surface area contributed by atoms with Crippen molar-refractivity contribution in [1.29, 1.82) is 0 Å². The van der Waals surface area contributed by atoms with E-state index in [0.717, 1.165) is 0 Å². The Morgan fingerprint density at radius 2 is 1.19 bits per heavy atom. The molecule has 2 aromatic rings. The van der Waals surface area contributed by atoms with Gasteiger partial charge in [-0.1, -0.05) is 18.2 Å². The fourth-order valence-corrected chi connectivity index (χ4v) is 2.02. The van der Waals surface area contributed by atoms with Crippen LogP contribution in [0.4, 0.5) is 26.3 Å². The fourth-order valence-electron chi connectivity index (χ4n) is 2.02. The van der Waals surface area contributed by atoms with Crippen LogP contribution in [0.5, 0.6) is 0 Å². The second-order valence-corrected chi connectivity index (χ2v) is 4.42. The first-order chi connectivity index (χ1) is 9.53. The summed E-state index contributed by atoms with van der Waals surface area (Å²) in [7, 11) is 0. The zero-order chi connectivity index (χ0) is 16.0. The predicted molar refractivity (Wildman–Crippen MR) is 60.8 cm³/mol. The monoisotopic (exact) mass is 309 g/mol. The maximum Gasteiger partial charge on any atom is 0.452 e. The molecule has 114 valence electrons. The number of alkyl halides is 6. The van der Waals surface area contributed by atoms with E-state index in [1.807, 2.05) is 0 Å². The lowest BCUT2D eigenvalue weighted by Gasteiger charge is -2.17. The molecule has 9 heteroatoms. The van der Waals surface area contributed by atoms with E-state index in [9.17, 15) is 26.3 Å². The lowest BCUT2D eigenvalue weighted by molar-refractivity contribution is -0.153. The summed E-state index contributed by atoms with van der Waals surface area (Å²) in [4.78, 5) is 0. The number of hydrogen-bond donors (Lipinski definition) is 0. The van der Waals surface area contributed by atoms with Crippen molar-refractivity contribution in [2.45, 2.75) is 26.2 Å². The third-order valence-electron chi connectivity index (χ3n) is 2.83. The first kappa shape index (κ1) is 15.3. The molecule has 3 nitrogen and oxygen atoms in total. The van der Waals surface area contributed by atoms with Gasteiger partial charge in [-0.05, 0) is 25.0 Å². The highest BCUT2D eigenvalue weighted by atomic mass is 19.4. The SMILES string of the molecule is Cc1cccc(C)c1-n1c(C(F)(F)F)nnc1C(F)(F)F. The van der Waals surface area contributed by atoms with Gasteiger partial charge in [-0.15, -0.1) is 10.2 Å². The summed E-state index contributed by atoms with van der Waals surface area (Å²) in [5.74, 6) is -3.40. The van der Waals surface area contributed by atoms with Crippen molar-refractivity contribution in [3.63, 3.8) is 0 Å². The van der Waals surface area contributed by atoms with Gasteiger partial charge in [0.1, 0.15) is 0 Å². The van der Waals surface area contributed by atoms with Crippen molar-refractivity contribution in [3.8, 4) is 5.69 Å². The number of hydrogen-bond acceptors (Lipinski definition) is 2. The average molecular weight is 309 g/mol. The minimum absolute atomic E-state index is 0.0185. The van der Waals surface area contributed by atoms with E-state index in [2.05, 4.69) is 10.2 Å². The molecule has 21 heavy (non-hydrogen) atoms. The molecule has 0 bridgehead atoms. The fraction of sp³-hybridized carbons (Fsp3) is 0.333. The first-order valence-corrected chi connectivity index (χ1v) is 5.70. The molecule has 0 unspecified atom stereocenters. The summed E-state index contributed by atoms with van der Waals surface area (Å²) in [5, 5.41) is 5.36. The smallest absolute Gasteiger partial charge is 0.267 e. The van der Waals surface area contributed by atoms with Crippen LogP contribution >= 0.6 is 0 Å². The van der Waals surface area contributed by atoms with Gasteiger partial charge in [-0.25, -0.2) is 0 Å². The molecule has 1 aromatic carbocycles. The van der Waals surface area contributed by atoms with Crippen molar-refractivity contribution in [1.82, 2.24) is 14.8 Å². The molecule has 0 atom stereocenters. The Hall–Kier alpha value is -2.06. The molecular formula is C12H9F6N3. The van der Waals surface area contributed by atoms with Crippen molar-refractivity contribution in [2.75, 3.05) is 0 Å². The van der Waals surface area contributed by atoms with Gasteiger partial charge in [0.05, 0.1) is 5.69 Å². The summed E-state index contributed by atoms with van der Waals surface area (Å²) in [6.07, 6.45) is -10.1.